The summed E-state index contributed by atoms with van der Waals surface area (Å²) in [5.41, 5.74) is 0. The van der Waals surface area contributed by atoms with E-state index in [0.29, 0.717) is 0 Å². The van der Waals surface area contributed by atoms with E-state index < -0.39 is 15.3 Å². The topological polar surface area (TPSA) is 234 Å². The molecule has 0 saturated carbocycles. The zero-order valence-corrected chi connectivity index (χ0v) is 7.86. The van der Waals surface area contributed by atoms with E-state index in [1.807, 2.05) is 0 Å². The average Bonchev–Trinajstić information content (AvgIpc) is 1.54. The van der Waals surface area contributed by atoms with Crippen molar-refractivity contribution < 1.29 is 52.6 Å². The molecule has 1 radical (unpaired) electrons. The minimum atomic E-state index is -1.75. The first-order valence-corrected chi connectivity index (χ1v) is 1.64. The molecule has 0 saturated heterocycles. The number of hydrogen-bond donors (Lipinski definition) is 1. The van der Waals surface area contributed by atoms with Gasteiger partial charge in [0.25, 0.3) is 0 Å². The standard InChI is InChI=1S/Er.3NO3.H3N/c;3*2-1(3)4;/h;;;;1H3/q+3;3*-1;. The van der Waals surface area contributed by atoms with E-state index in [1.54, 1.807) is 0 Å². The fourth-order valence-corrected chi connectivity index (χ4v) is 0. The van der Waals surface area contributed by atoms with Crippen molar-refractivity contribution in [2.45, 2.75) is 0 Å². The maximum atomic E-state index is 8.25. The molecule has 0 aromatic heterocycles. The Kier molecular flexibility index (Phi) is 47.3. The minimum Gasteiger partial charge on any atom is -0.356 e. The molecule has 0 atom stereocenters. The molecule has 0 bridgehead atoms. The number of rotatable bonds is 0. The monoisotopic (exact) mass is 369 g/mol. The summed E-state index contributed by atoms with van der Waals surface area (Å²) >= 11 is 0. The summed E-state index contributed by atoms with van der Waals surface area (Å²) < 4.78 is 0. The van der Waals surface area contributed by atoms with Crippen LogP contribution >= 0.6 is 0 Å². The number of nitrogens with zero attached hydrogens (tertiary/aromatic N) is 3. The molecule has 14 heteroatoms. The molecule has 3 N–H and O–H groups in total. The third-order valence-electron chi connectivity index (χ3n) is 0. The summed E-state index contributed by atoms with van der Waals surface area (Å²) in [5, 5.41) is 44.2. The molecule has 0 rings (SSSR count). The summed E-state index contributed by atoms with van der Waals surface area (Å²) in [6.45, 7) is 0. The van der Waals surface area contributed by atoms with E-state index in [0.717, 1.165) is 0 Å². The van der Waals surface area contributed by atoms with Gasteiger partial charge in [-0.2, -0.15) is 0 Å². The van der Waals surface area contributed by atoms with Gasteiger partial charge in [0.05, 0.1) is 15.3 Å². The van der Waals surface area contributed by atoms with E-state index in [1.165, 1.54) is 0 Å². The van der Waals surface area contributed by atoms with Gasteiger partial charge in [0.15, 0.2) is 0 Å². The molecule has 0 fully saturated rings. The molecule has 13 nitrogen and oxygen atoms in total. The van der Waals surface area contributed by atoms with Gasteiger partial charge in [0.1, 0.15) is 0 Å². The van der Waals surface area contributed by atoms with Gasteiger partial charge in [-0.1, -0.05) is 0 Å². The summed E-state index contributed by atoms with van der Waals surface area (Å²) in [5.74, 6) is 0. The average molecular weight is 370 g/mol. The molecule has 0 aliphatic heterocycles. The Labute approximate surface area is 104 Å². The van der Waals surface area contributed by atoms with Crippen molar-refractivity contribution in [1.82, 2.24) is 6.15 Å². The summed E-state index contributed by atoms with van der Waals surface area (Å²) in [4.78, 5) is 24.8. The van der Waals surface area contributed by atoms with Crippen molar-refractivity contribution in [2.24, 2.45) is 0 Å². The Morgan fingerprint density at radius 3 is 0.571 bits per heavy atom. The van der Waals surface area contributed by atoms with Gasteiger partial charge >= 0.3 is 37.3 Å². The summed E-state index contributed by atoms with van der Waals surface area (Å²) in [6.07, 6.45) is 0. The second-order valence-electron chi connectivity index (χ2n) is 0.671. The van der Waals surface area contributed by atoms with Crippen LogP contribution in [0.5, 0.6) is 0 Å². The first-order valence-electron chi connectivity index (χ1n) is 1.64. The Bertz CT molecular complexity index is 114. The second-order valence-corrected chi connectivity index (χ2v) is 0.671. The van der Waals surface area contributed by atoms with Crippen LogP contribution in [0, 0.1) is 83.3 Å². The molecular formula is H3ErN4O9. The van der Waals surface area contributed by atoms with Gasteiger partial charge in [0, 0.05) is 0 Å². The molecule has 0 aromatic carbocycles. The van der Waals surface area contributed by atoms with Crippen LogP contribution in [0.15, 0.2) is 0 Å². The molecule has 0 spiro atoms. The van der Waals surface area contributed by atoms with Crippen LogP contribution < -0.4 is 6.15 Å². The van der Waals surface area contributed by atoms with Crippen LogP contribution in [0.1, 0.15) is 0 Å². The first kappa shape index (κ1) is 29.3. The molecule has 0 aliphatic carbocycles. The van der Waals surface area contributed by atoms with Crippen LogP contribution in [-0.2, 0) is 0 Å². The summed E-state index contributed by atoms with van der Waals surface area (Å²) in [6, 6.07) is 0. The molecule has 0 aliphatic rings. The predicted molar refractivity (Wildman–Crippen MR) is 36.1 cm³/mol. The van der Waals surface area contributed by atoms with Crippen molar-refractivity contribution in [3.05, 3.63) is 46.0 Å². The molecule has 89 valence electrons. The Balaban J connectivity index is -0.0000000270. The van der Waals surface area contributed by atoms with Gasteiger partial charge in [-0.05, 0) is 0 Å². The third kappa shape index (κ3) is 730. The third-order valence-corrected chi connectivity index (χ3v) is 0. The molecule has 0 aromatic rings. The maximum absolute atomic E-state index is 8.25. The van der Waals surface area contributed by atoms with Crippen LogP contribution in [0.3, 0.4) is 0 Å². The molecule has 0 heterocycles. The van der Waals surface area contributed by atoms with E-state index >= 15 is 0 Å². The minimum absolute atomic E-state index is 0. The molecule has 0 amide bonds. The summed E-state index contributed by atoms with van der Waals surface area (Å²) in [7, 11) is 0. The number of hydrogen-bond acceptors (Lipinski definition) is 10. The van der Waals surface area contributed by atoms with E-state index in [2.05, 4.69) is 0 Å². The smallest absolute Gasteiger partial charge is 0.356 e. The predicted octanol–water partition coefficient (Wildman–Crippen LogP) is -0.555. The Morgan fingerprint density at radius 1 is 0.571 bits per heavy atom. The molecule has 14 heavy (non-hydrogen) atoms. The van der Waals surface area contributed by atoms with Crippen molar-refractivity contribution in [3.63, 3.8) is 0 Å². The quantitative estimate of drug-likeness (QED) is 0.421. The van der Waals surface area contributed by atoms with Crippen molar-refractivity contribution in [1.29, 1.82) is 0 Å². The van der Waals surface area contributed by atoms with E-state index in [-0.39, 0.29) is 43.5 Å². The fourth-order valence-electron chi connectivity index (χ4n) is 0. The normalized spacial score (nSPS) is 5.14. The zero-order chi connectivity index (χ0) is 10.7. The van der Waals surface area contributed by atoms with Crippen molar-refractivity contribution in [2.75, 3.05) is 0 Å². The van der Waals surface area contributed by atoms with E-state index in [4.69, 9.17) is 46.0 Å². The van der Waals surface area contributed by atoms with Crippen LogP contribution in [0.4, 0.5) is 0 Å². The first-order chi connectivity index (χ1) is 5.20. The maximum Gasteiger partial charge on any atom is 3.00 e. The van der Waals surface area contributed by atoms with Gasteiger partial charge < -0.3 is 52.1 Å². The van der Waals surface area contributed by atoms with E-state index in [9.17, 15) is 0 Å². The Morgan fingerprint density at radius 2 is 0.571 bits per heavy atom. The van der Waals surface area contributed by atoms with Crippen LogP contribution in [-0.4, -0.2) is 15.3 Å². The van der Waals surface area contributed by atoms with Gasteiger partial charge in [-0.25, -0.2) is 0 Å². The molecular weight excluding hydrogens is 367 g/mol. The SMILES string of the molecule is N.O=[N+]([O-])[O-].O=[N+]([O-])[O-].O=[N+]([O-])[O-].[Er+3]. The second kappa shape index (κ2) is 22.6. The van der Waals surface area contributed by atoms with Gasteiger partial charge in [0.2, 0.25) is 0 Å². The van der Waals surface area contributed by atoms with Crippen molar-refractivity contribution in [3.8, 4) is 0 Å². The fraction of sp³-hybridized carbons (Fsp3) is 0. The molecule has 0 unspecified atom stereocenters. The largest absolute Gasteiger partial charge is 3.00 e. The van der Waals surface area contributed by atoms with Crippen molar-refractivity contribution >= 4 is 0 Å². The van der Waals surface area contributed by atoms with Crippen LogP contribution in [0.25, 0.3) is 0 Å². The van der Waals surface area contributed by atoms with Gasteiger partial charge in [-0.3, -0.25) is 0 Å². The van der Waals surface area contributed by atoms with Gasteiger partial charge in [-0.15, -0.1) is 0 Å². The zero-order valence-electron chi connectivity index (χ0n) is 6.01. The van der Waals surface area contributed by atoms with Crippen LogP contribution in [0.2, 0.25) is 0 Å². The Hall–Kier alpha value is -1.19.